The summed E-state index contributed by atoms with van der Waals surface area (Å²) in [4.78, 5) is 10.0. The van der Waals surface area contributed by atoms with Crippen LogP contribution < -0.4 is 0 Å². The molecular weight excluding hydrogens is 340 g/mol. The molecule has 0 atom stereocenters. The van der Waals surface area contributed by atoms with Crippen LogP contribution in [0.2, 0.25) is 5.02 Å². The summed E-state index contributed by atoms with van der Waals surface area (Å²) in [5.74, 6) is -1.41. The average molecular weight is 353 g/mol. The van der Waals surface area contributed by atoms with Gasteiger partial charge in [0.1, 0.15) is 4.90 Å². The Balaban J connectivity index is 2.83. The molecule has 0 amide bonds. The Morgan fingerprint density at radius 2 is 1.81 bits per heavy atom. The number of rotatable bonds is 4. The molecule has 0 aromatic heterocycles. The lowest BCUT2D eigenvalue weighted by atomic mass is 10.00. The normalized spacial score (nSPS) is 16.5. The molecule has 2 rings (SSSR count). The minimum atomic E-state index is -3.98. The Hall–Kier alpha value is -1.12. The monoisotopic (exact) mass is 352 g/mol. The molecule has 0 bridgehead atoms. The maximum atomic E-state index is 12.5. The zero-order valence-electron chi connectivity index (χ0n) is 11.0. The molecular formula is C12H13ClO6S2. The summed E-state index contributed by atoms with van der Waals surface area (Å²) in [6.45, 7) is 0. The van der Waals surface area contributed by atoms with Gasteiger partial charge in [-0.25, -0.2) is 21.6 Å². The number of carbonyl (C=O) groups is 1. The molecule has 1 aliphatic carbocycles. The van der Waals surface area contributed by atoms with Crippen molar-refractivity contribution < 1.29 is 26.7 Å². The molecule has 1 N–H and O–H groups in total. The molecule has 0 unspecified atom stereocenters. The Morgan fingerprint density at radius 3 is 2.19 bits per heavy atom. The Bertz CT molecular complexity index is 806. The van der Waals surface area contributed by atoms with Crippen LogP contribution in [0.5, 0.6) is 0 Å². The molecule has 6 nitrogen and oxygen atoms in total. The number of halogens is 1. The van der Waals surface area contributed by atoms with E-state index < -0.39 is 51.3 Å². The van der Waals surface area contributed by atoms with Crippen molar-refractivity contribution >= 4 is 37.2 Å². The lowest BCUT2D eigenvalue weighted by molar-refractivity contribution is 0.0696. The lowest BCUT2D eigenvalue weighted by Crippen LogP contribution is -2.30. The number of carboxylic acids is 1. The van der Waals surface area contributed by atoms with Gasteiger partial charge in [0, 0.05) is 6.26 Å². The largest absolute Gasteiger partial charge is 0.478 e. The van der Waals surface area contributed by atoms with Gasteiger partial charge in [-0.2, -0.15) is 0 Å². The van der Waals surface area contributed by atoms with Gasteiger partial charge in [0.05, 0.1) is 20.7 Å². The van der Waals surface area contributed by atoms with E-state index in [0.717, 1.165) is 24.8 Å². The topological polar surface area (TPSA) is 106 Å². The molecule has 0 heterocycles. The van der Waals surface area contributed by atoms with Crippen LogP contribution in [0.1, 0.15) is 29.6 Å². The minimum Gasteiger partial charge on any atom is -0.478 e. The van der Waals surface area contributed by atoms with Gasteiger partial charge in [-0.15, -0.1) is 0 Å². The SMILES string of the molecule is CS(=O)(=O)c1ccc(C(=O)O)c(Cl)c1S(=O)(=O)C1CCC1. The first-order chi connectivity index (χ1) is 9.56. The van der Waals surface area contributed by atoms with E-state index in [4.69, 9.17) is 16.7 Å². The van der Waals surface area contributed by atoms with Crippen molar-refractivity contribution in [3.8, 4) is 0 Å². The maximum absolute atomic E-state index is 12.5. The Labute approximate surface area is 127 Å². The van der Waals surface area contributed by atoms with Crippen LogP contribution in [0.15, 0.2) is 21.9 Å². The second-order valence-electron chi connectivity index (χ2n) is 4.93. The van der Waals surface area contributed by atoms with Gasteiger partial charge >= 0.3 is 5.97 Å². The number of hydrogen-bond acceptors (Lipinski definition) is 5. The zero-order valence-corrected chi connectivity index (χ0v) is 13.4. The summed E-state index contributed by atoms with van der Waals surface area (Å²) in [6.07, 6.45) is 2.42. The predicted octanol–water partition coefficient (Wildman–Crippen LogP) is 1.77. The van der Waals surface area contributed by atoms with Crippen LogP contribution in [0.25, 0.3) is 0 Å². The van der Waals surface area contributed by atoms with Crippen LogP contribution in [-0.2, 0) is 19.7 Å². The van der Waals surface area contributed by atoms with Crippen molar-refractivity contribution in [2.75, 3.05) is 6.26 Å². The van der Waals surface area contributed by atoms with Gasteiger partial charge in [-0.1, -0.05) is 18.0 Å². The summed E-state index contributed by atoms with van der Waals surface area (Å²) in [5, 5.41) is 7.78. The molecule has 0 saturated heterocycles. The minimum absolute atomic E-state index is 0.416. The summed E-state index contributed by atoms with van der Waals surface area (Å²) in [6, 6.07) is 1.98. The smallest absolute Gasteiger partial charge is 0.337 e. The van der Waals surface area contributed by atoms with E-state index in [-0.39, 0.29) is 0 Å². The fourth-order valence-electron chi connectivity index (χ4n) is 2.11. The van der Waals surface area contributed by atoms with E-state index in [1.807, 2.05) is 0 Å². The van der Waals surface area contributed by atoms with Crippen molar-refractivity contribution in [3.05, 3.63) is 22.7 Å². The number of sulfone groups is 2. The van der Waals surface area contributed by atoms with Crippen LogP contribution in [0.4, 0.5) is 0 Å². The quantitative estimate of drug-likeness (QED) is 0.885. The first-order valence-electron chi connectivity index (χ1n) is 6.06. The lowest BCUT2D eigenvalue weighted by Gasteiger charge is -2.26. The van der Waals surface area contributed by atoms with E-state index in [0.29, 0.717) is 12.8 Å². The Morgan fingerprint density at radius 1 is 1.24 bits per heavy atom. The standard InChI is InChI=1S/C12H13ClO6S2/c1-20(16,17)9-6-5-8(12(14)15)10(13)11(9)21(18,19)7-3-2-4-7/h5-7H,2-4H2,1H3,(H,14,15). The molecule has 21 heavy (non-hydrogen) atoms. The third-order valence-corrected chi connectivity index (χ3v) is 7.58. The van der Waals surface area contributed by atoms with Crippen molar-refractivity contribution in [1.82, 2.24) is 0 Å². The van der Waals surface area contributed by atoms with Crippen LogP contribution in [0, 0.1) is 0 Å². The molecule has 1 saturated carbocycles. The molecule has 0 spiro atoms. The molecule has 1 aliphatic rings. The van der Waals surface area contributed by atoms with Crippen molar-refractivity contribution in [2.45, 2.75) is 34.3 Å². The number of aromatic carboxylic acids is 1. The molecule has 1 aromatic carbocycles. The summed E-state index contributed by atoms with van der Waals surface area (Å²) in [5.41, 5.74) is -0.429. The highest BCUT2D eigenvalue weighted by atomic mass is 35.5. The highest BCUT2D eigenvalue weighted by molar-refractivity contribution is 7.94. The Kier molecular flexibility index (Phi) is 4.07. The maximum Gasteiger partial charge on any atom is 0.337 e. The van der Waals surface area contributed by atoms with E-state index in [9.17, 15) is 21.6 Å². The van der Waals surface area contributed by atoms with E-state index in [1.165, 1.54) is 0 Å². The van der Waals surface area contributed by atoms with Gasteiger partial charge in [0.15, 0.2) is 19.7 Å². The van der Waals surface area contributed by atoms with Crippen LogP contribution >= 0.6 is 11.6 Å². The van der Waals surface area contributed by atoms with Gasteiger partial charge in [-0.05, 0) is 25.0 Å². The number of benzene rings is 1. The van der Waals surface area contributed by atoms with Crippen molar-refractivity contribution in [1.29, 1.82) is 0 Å². The third kappa shape index (κ3) is 2.79. The third-order valence-electron chi connectivity index (χ3n) is 3.47. The van der Waals surface area contributed by atoms with Crippen molar-refractivity contribution in [2.24, 2.45) is 0 Å². The summed E-state index contributed by atoms with van der Waals surface area (Å²) >= 11 is 5.90. The molecule has 1 aromatic rings. The average Bonchev–Trinajstić information content (AvgIpc) is 2.22. The number of carboxylic acid groups (broad SMARTS) is 1. The van der Waals surface area contributed by atoms with E-state index >= 15 is 0 Å². The fraction of sp³-hybridized carbons (Fsp3) is 0.417. The molecule has 9 heteroatoms. The van der Waals surface area contributed by atoms with Crippen LogP contribution in [-0.4, -0.2) is 39.4 Å². The molecule has 116 valence electrons. The second kappa shape index (κ2) is 5.26. The fourth-order valence-corrected chi connectivity index (χ4v) is 6.28. The van der Waals surface area contributed by atoms with Gasteiger partial charge < -0.3 is 5.11 Å². The highest BCUT2D eigenvalue weighted by Crippen LogP contribution is 2.39. The molecule has 1 fully saturated rings. The predicted molar refractivity (Wildman–Crippen MR) is 76.3 cm³/mol. The van der Waals surface area contributed by atoms with Crippen molar-refractivity contribution in [3.63, 3.8) is 0 Å². The van der Waals surface area contributed by atoms with Gasteiger partial charge in [0.25, 0.3) is 0 Å². The summed E-state index contributed by atoms with van der Waals surface area (Å²) < 4.78 is 48.7. The molecule has 0 radical (unpaired) electrons. The van der Waals surface area contributed by atoms with Crippen LogP contribution in [0.3, 0.4) is 0 Å². The first-order valence-corrected chi connectivity index (χ1v) is 9.88. The van der Waals surface area contributed by atoms with E-state index in [2.05, 4.69) is 0 Å². The molecule has 0 aliphatic heterocycles. The second-order valence-corrected chi connectivity index (χ2v) is 9.46. The summed E-state index contributed by atoms with van der Waals surface area (Å²) in [7, 11) is -7.83. The van der Waals surface area contributed by atoms with E-state index in [1.54, 1.807) is 0 Å². The van der Waals surface area contributed by atoms with Gasteiger partial charge in [-0.3, -0.25) is 0 Å². The highest BCUT2D eigenvalue weighted by Gasteiger charge is 2.38. The first kappa shape index (κ1) is 16.3. The van der Waals surface area contributed by atoms with Gasteiger partial charge in [0.2, 0.25) is 0 Å². The zero-order chi connectivity index (χ0) is 16.0. The number of hydrogen-bond donors (Lipinski definition) is 1.